The van der Waals surface area contributed by atoms with Crippen LogP contribution in [0.25, 0.3) is 0 Å². The summed E-state index contributed by atoms with van der Waals surface area (Å²) in [6.07, 6.45) is -3.98. The van der Waals surface area contributed by atoms with Crippen LogP contribution in [-0.4, -0.2) is 18.9 Å². The van der Waals surface area contributed by atoms with E-state index in [-0.39, 0.29) is 5.78 Å². The van der Waals surface area contributed by atoms with Crippen LogP contribution in [-0.2, 0) is 11.0 Å². The van der Waals surface area contributed by atoms with Gasteiger partial charge in [0.2, 0.25) is 0 Å². The molecule has 2 nitrogen and oxygen atoms in total. The van der Waals surface area contributed by atoms with E-state index in [1.165, 1.54) is 6.07 Å². The molecule has 1 atom stereocenters. The number of rotatable bonds is 1. The summed E-state index contributed by atoms with van der Waals surface area (Å²) in [7, 11) is 0. The highest BCUT2D eigenvalue weighted by Crippen LogP contribution is 2.31. The highest BCUT2D eigenvalue weighted by atomic mass is 19.4. The second-order valence-electron chi connectivity index (χ2n) is 4.10. The molecule has 0 aliphatic carbocycles. The lowest BCUT2D eigenvalue weighted by Crippen LogP contribution is -2.35. The molecule has 1 aliphatic rings. The molecule has 1 unspecified atom stereocenters. The van der Waals surface area contributed by atoms with E-state index in [2.05, 4.69) is 5.32 Å². The van der Waals surface area contributed by atoms with Crippen LogP contribution in [0.3, 0.4) is 0 Å². The van der Waals surface area contributed by atoms with Crippen LogP contribution < -0.4 is 5.32 Å². The average molecular weight is 243 g/mol. The molecule has 1 N–H and O–H groups in total. The van der Waals surface area contributed by atoms with E-state index in [1.807, 2.05) is 0 Å². The van der Waals surface area contributed by atoms with Crippen molar-refractivity contribution in [3.63, 3.8) is 0 Å². The number of nitrogens with one attached hydrogen (secondary N) is 1. The van der Waals surface area contributed by atoms with E-state index < -0.39 is 17.7 Å². The molecule has 2 rings (SSSR count). The maximum Gasteiger partial charge on any atom is 0.416 e. The Hall–Kier alpha value is -1.36. The second kappa shape index (κ2) is 4.49. The standard InChI is InChI=1S/C12H12F3NO/c13-12(14,15)9-3-1-2-8(6-9)10-7-16-5-4-11(10)17/h1-3,6,10,16H,4-5,7H2. The molecular formula is C12H12F3NO. The molecule has 1 fully saturated rings. The van der Waals surface area contributed by atoms with E-state index in [4.69, 9.17) is 0 Å². The molecule has 0 saturated carbocycles. The summed E-state index contributed by atoms with van der Waals surface area (Å²) in [6.45, 7) is 1.02. The van der Waals surface area contributed by atoms with Crippen molar-refractivity contribution in [1.82, 2.24) is 5.32 Å². The van der Waals surface area contributed by atoms with Gasteiger partial charge in [-0.25, -0.2) is 0 Å². The van der Waals surface area contributed by atoms with Gasteiger partial charge in [0.05, 0.1) is 11.5 Å². The first-order valence-corrected chi connectivity index (χ1v) is 5.39. The minimum absolute atomic E-state index is 0.00285. The summed E-state index contributed by atoms with van der Waals surface area (Å²) >= 11 is 0. The largest absolute Gasteiger partial charge is 0.416 e. The van der Waals surface area contributed by atoms with Crippen LogP contribution in [0.4, 0.5) is 13.2 Å². The molecular weight excluding hydrogens is 231 g/mol. The van der Waals surface area contributed by atoms with Crippen molar-refractivity contribution in [2.24, 2.45) is 0 Å². The fourth-order valence-electron chi connectivity index (χ4n) is 1.98. The minimum atomic E-state index is -4.36. The van der Waals surface area contributed by atoms with Gasteiger partial charge in [-0.05, 0) is 11.6 Å². The maximum absolute atomic E-state index is 12.5. The summed E-state index contributed by atoms with van der Waals surface area (Å²) in [4.78, 5) is 11.6. The van der Waals surface area contributed by atoms with Crippen LogP contribution in [0.1, 0.15) is 23.5 Å². The molecule has 0 bridgehead atoms. The van der Waals surface area contributed by atoms with E-state index in [0.29, 0.717) is 25.1 Å². The second-order valence-corrected chi connectivity index (χ2v) is 4.10. The quantitative estimate of drug-likeness (QED) is 0.820. The van der Waals surface area contributed by atoms with Gasteiger partial charge >= 0.3 is 6.18 Å². The lowest BCUT2D eigenvalue weighted by Gasteiger charge is -2.22. The first kappa shape index (κ1) is 12.1. The lowest BCUT2D eigenvalue weighted by molar-refractivity contribution is -0.137. The zero-order chi connectivity index (χ0) is 12.5. The van der Waals surface area contributed by atoms with Gasteiger partial charge in [-0.15, -0.1) is 0 Å². The minimum Gasteiger partial charge on any atom is -0.315 e. The average Bonchev–Trinajstić information content (AvgIpc) is 2.29. The molecule has 1 aliphatic heterocycles. The summed E-state index contributed by atoms with van der Waals surface area (Å²) in [5.74, 6) is -0.450. The number of benzene rings is 1. The predicted molar refractivity (Wildman–Crippen MR) is 56.7 cm³/mol. The number of Topliss-reactive ketones (excluding diaryl/α,β-unsaturated/α-hetero) is 1. The van der Waals surface area contributed by atoms with Crippen molar-refractivity contribution in [2.75, 3.05) is 13.1 Å². The Kier molecular flexibility index (Phi) is 3.19. The van der Waals surface area contributed by atoms with Crippen molar-refractivity contribution in [3.8, 4) is 0 Å². The smallest absolute Gasteiger partial charge is 0.315 e. The predicted octanol–water partition coefficient (Wildman–Crippen LogP) is 2.35. The Morgan fingerprint density at radius 2 is 2.06 bits per heavy atom. The molecule has 0 amide bonds. The Morgan fingerprint density at radius 3 is 2.71 bits per heavy atom. The number of piperidine rings is 1. The normalized spacial score (nSPS) is 21.6. The topological polar surface area (TPSA) is 29.1 Å². The number of ketones is 1. The fraction of sp³-hybridized carbons (Fsp3) is 0.417. The van der Waals surface area contributed by atoms with E-state index in [0.717, 1.165) is 12.1 Å². The van der Waals surface area contributed by atoms with Gasteiger partial charge in [0, 0.05) is 19.5 Å². The van der Waals surface area contributed by atoms with Crippen molar-refractivity contribution in [2.45, 2.75) is 18.5 Å². The monoisotopic (exact) mass is 243 g/mol. The van der Waals surface area contributed by atoms with E-state index >= 15 is 0 Å². The lowest BCUT2D eigenvalue weighted by atomic mass is 9.89. The first-order chi connectivity index (χ1) is 7.98. The third-order valence-corrected chi connectivity index (χ3v) is 2.90. The molecule has 0 aromatic heterocycles. The molecule has 0 radical (unpaired) electrons. The number of alkyl halides is 3. The van der Waals surface area contributed by atoms with Gasteiger partial charge < -0.3 is 5.32 Å². The van der Waals surface area contributed by atoms with E-state index in [9.17, 15) is 18.0 Å². The van der Waals surface area contributed by atoms with Gasteiger partial charge in [-0.3, -0.25) is 4.79 Å². The summed E-state index contributed by atoms with van der Waals surface area (Å²) in [5, 5.41) is 3.02. The van der Waals surface area contributed by atoms with Crippen LogP contribution in [0.2, 0.25) is 0 Å². The molecule has 17 heavy (non-hydrogen) atoms. The molecule has 5 heteroatoms. The highest BCUT2D eigenvalue weighted by molar-refractivity contribution is 5.86. The van der Waals surface area contributed by atoms with Crippen LogP contribution in [0, 0.1) is 0 Å². The Labute approximate surface area is 96.8 Å². The van der Waals surface area contributed by atoms with Gasteiger partial charge in [0.25, 0.3) is 0 Å². The Balaban J connectivity index is 2.29. The Morgan fingerprint density at radius 1 is 1.29 bits per heavy atom. The van der Waals surface area contributed by atoms with Gasteiger partial charge in [0.15, 0.2) is 0 Å². The number of halogens is 3. The number of hydrogen-bond donors (Lipinski definition) is 1. The van der Waals surface area contributed by atoms with Crippen LogP contribution in [0.5, 0.6) is 0 Å². The molecule has 0 spiro atoms. The zero-order valence-electron chi connectivity index (χ0n) is 9.05. The summed E-state index contributed by atoms with van der Waals surface area (Å²) in [5.41, 5.74) is -0.259. The van der Waals surface area contributed by atoms with Gasteiger partial charge in [-0.1, -0.05) is 18.2 Å². The van der Waals surface area contributed by atoms with Crippen molar-refractivity contribution in [1.29, 1.82) is 0 Å². The SMILES string of the molecule is O=C1CCNCC1c1cccc(C(F)(F)F)c1. The Bertz CT molecular complexity index is 428. The number of carbonyl (C=O) groups excluding carboxylic acids is 1. The molecule has 1 saturated heterocycles. The molecule has 92 valence electrons. The van der Waals surface area contributed by atoms with Crippen LogP contribution in [0.15, 0.2) is 24.3 Å². The fourth-order valence-corrected chi connectivity index (χ4v) is 1.98. The third kappa shape index (κ3) is 2.66. The van der Waals surface area contributed by atoms with Crippen LogP contribution >= 0.6 is 0 Å². The molecule has 1 aromatic carbocycles. The number of carbonyl (C=O) groups is 1. The van der Waals surface area contributed by atoms with Crippen molar-refractivity contribution in [3.05, 3.63) is 35.4 Å². The molecule has 1 heterocycles. The van der Waals surface area contributed by atoms with Crippen molar-refractivity contribution >= 4 is 5.78 Å². The third-order valence-electron chi connectivity index (χ3n) is 2.90. The maximum atomic E-state index is 12.5. The summed E-state index contributed by atoms with van der Waals surface area (Å²) in [6, 6.07) is 5.00. The first-order valence-electron chi connectivity index (χ1n) is 5.39. The summed E-state index contributed by atoms with van der Waals surface area (Å²) < 4.78 is 37.6. The zero-order valence-corrected chi connectivity index (χ0v) is 9.05. The number of hydrogen-bond acceptors (Lipinski definition) is 2. The van der Waals surface area contributed by atoms with E-state index in [1.54, 1.807) is 6.07 Å². The molecule has 1 aromatic rings. The van der Waals surface area contributed by atoms with Crippen molar-refractivity contribution < 1.29 is 18.0 Å². The van der Waals surface area contributed by atoms with Gasteiger partial charge in [0.1, 0.15) is 5.78 Å². The highest BCUT2D eigenvalue weighted by Gasteiger charge is 2.32. The van der Waals surface area contributed by atoms with Gasteiger partial charge in [-0.2, -0.15) is 13.2 Å².